The van der Waals surface area contributed by atoms with Crippen LogP contribution in [-0.2, 0) is 10.2 Å². The Bertz CT molecular complexity index is 1030. The van der Waals surface area contributed by atoms with Gasteiger partial charge in [-0.1, -0.05) is 85.2 Å². The lowest BCUT2D eigenvalue weighted by Gasteiger charge is -2.28. The fraction of sp³-hybridized carbons (Fsp3) is 0.467. The van der Waals surface area contributed by atoms with Crippen LogP contribution in [0.15, 0.2) is 47.3 Å². The first-order valence-corrected chi connectivity index (χ1v) is 12.7. The third kappa shape index (κ3) is 6.37. The number of nitrogens with two attached hydrogens (primary N) is 1. The van der Waals surface area contributed by atoms with Crippen LogP contribution in [0.25, 0.3) is 5.57 Å². The van der Waals surface area contributed by atoms with Gasteiger partial charge in [-0.2, -0.15) is 5.10 Å². The molecule has 0 spiro atoms. The second kappa shape index (κ2) is 13.1. The number of hydrogen-bond donors (Lipinski definition) is 2. The van der Waals surface area contributed by atoms with Crippen LogP contribution in [0.2, 0.25) is 0 Å². The van der Waals surface area contributed by atoms with E-state index >= 15 is 0 Å². The minimum absolute atomic E-state index is 0.00913. The molecule has 34 heavy (non-hydrogen) atoms. The van der Waals surface area contributed by atoms with E-state index < -0.39 is 0 Å². The molecule has 3 rings (SSSR count). The van der Waals surface area contributed by atoms with E-state index in [4.69, 9.17) is 5.84 Å². The van der Waals surface area contributed by atoms with E-state index in [0.29, 0.717) is 18.4 Å². The van der Waals surface area contributed by atoms with Gasteiger partial charge in [0.15, 0.2) is 5.78 Å². The zero-order valence-electron chi connectivity index (χ0n) is 22.7. The van der Waals surface area contributed by atoms with Crippen molar-refractivity contribution < 1.29 is 9.90 Å². The third-order valence-electron chi connectivity index (χ3n) is 6.16. The fourth-order valence-electron chi connectivity index (χ4n) is 4.66. The summed E-state index contributed by atoms with van der Waals surface area (Å²) in [6.07, 6.45) is 3.02. The van der Waals surface area contributed by atoms with Crippen LogP contribution in [0.4, 0.5) is 0 Å². The number of carbonyl (C=O) groups excluding carboxylic acids is 1. The zero-order chi connectivity index (χ0) is 26.1. The molecule has 0 fully saturated rings. The molecule has 4 heteroatoms. The molecule has 0 unspecified atom stereocenters. The van der Waals surface area contributed by atoms with Crippen LogP contribution in [0.3, 0.4) is 0 Å². The molecule has 1 aliphatic rings. The van der Waals surface area contributed by atoms with E-state index in [9.17, 15) is 9.90 Å². The normalized spacial score (nSPS) is 13.8. The molecule has 0 atom stereocenters. The number of hydrogen-bond acceptors (Lipinski definition) is 4. The Morgan fingerprint density at radius 2 is 1.59 bits per heavy atom. The van der Waals surface area contributed by atoms with E-state index in [1.54, 1.807) is 0 Å². The molecule has 0 radical (unpaired) electrons. The highest BCUT2D eigenvalue weighted by Gasteiger charge is 2.25. The van der Waals surface area contributed by atoms with Gasteiger partial charge in [-0.3, -0.25) is 4.79 Å². The minimum Gasteiger partial charge on any atom is -0.512 e. The van der Waals surface area contributed by atoms with Crippen LogP contribution in [-0.4, -0.2) is 16.6 Å². The van der Waals surface area contributed by atoms with E-state index in [0.717, 1.165) is 40.8 Å². The number of aliphatic hydroxyl groups excluding tert-OH is 1. The molecular weight excluding hydrogens is 420 g/mol. The molecule has 186 valence electrons. The summed E-state index contributed by atoms with van der Waals surface area (Å²) in [4.78, 5) is 12.1. The standard InChI is InChI=1S/C26H32N2O2.2C2H6/c1-6-13-26(4,5)21-15-20(16(2)14-17(21)3)25(28-27)19-9-7-18(8-10-19)24-22(29)11-12-23(24)30;2*1-2/h7-10,14-15,29H,6,11-13,27H2,1-5H3;2*1-2H3/b28-25+;;. The number of benzene rings is 2. The van der Waals surface area contributed by atoms with Crippen molar-refractivity contribution >= 4 is 17.1 Å². The number of aryl methyl sites for hydroxylation is 2. The van der Waals surface area contributed by atoms with Crippen LogP contribution >= 0.6 is 0 Å². The lowest BCUT2D eigenvalue weighted by molar-refractivity contribution is -0.113. The Hall–Kier alpha value is -2.88. The van der Waals surface area contributed by atoms with Crippen LogP contribution < -0.4 is 5.84 Å². The quantitative estimate of drug-likeness (QED) is 0.260. The van der Waals surface area contributed by atoms with Crippen molar-refractivity contribution in [2.75, 3.05) is 0 Å². The number of ketones is 1. The van der Waals surface area contributed by atoms with Gasteiger partial charge in [0, 0.05) is 24.0 Å². The number of Topliss-reactive ketones (excluding diaryl/α,β-unsaturated/α-hetero) is 1. The maximum absolute atomic E-state index is 12.1. The van der Waals surface area contributed by atoms with Crippen LogP contribution in [0.1, 0.15) is 108 Å². The number of rotatable bonds is 6. The van der Waals surface area contributed by atoms with Crippen molar-refractivity contribution in [3.8, 4) is 0 Å². The predicted molar refractivity (Wildman–Crippen MR) is 147 cm³/mol. The van der Waals surface area contributed by atoms with Crippen LogP contribution in [0.5, 0.6) is 0 Å². The molecule has 3 N–H and O–H groups in total. The molecule has 0 amide bonds. The Morgan fingerprint density at radius 3 is 2.06 bits per heavy atom. The van der Waals surface area contributed by atoms with Crippen molar-refractivity contribution in [3.05, 3.63) is 75.5 Å². The van der Waals surface area contributed by atoms with Crippen molar-refractivity contribution in [1.82, 2.24) is 0 Å². The van der Waals surface area contributed by atoms with E-state index in [1.807, 2.05) is 52.0 Å². The summed E-state index contributed by atoms with van der Waals surface area (Å²) in [6.45, 7) is 19.0. The summed E-state index contributed by atoms with van der Waals surface area (Å²) < 4.78 is 0. The van der Waals surface area contributed by atoms with Gasteiger partial charge in [0.05, 0.1) is 11.3 Å². The van der Waals surface area contributed by atoms with Crippen molar-refractivity contribution in [2.24, 2.45) is 10.9 Å². The number of hydrazone groups is 1. The first kappa shape index (κ1) is 29.2. The fourth-order valence-corrected chi connectivity index (χ4v) is 4.66. The SMILES string of the molecule is CC.CC.CCCC(C)(C)c1cc(/C(=N/N)c2ccc(C3=C(O)CCC3=O)cc2)c(C)cc1C. The van der Waals surface area contributed by atoms with Gasteiger partial charge in [-0.15, -0.1) is 0 Å². The molecule has 0 saturated heterocycles. The van der Waals surface area contributed by atoms with Gasteiger partial charge in [0.1, 0.15) is 5.76 Å². The summed E-state index contributed by atoms with van der Waals surface area (Å²) in [5.41, 5.74) is 7.59. The summed E-state index contributed by atoms with van der Waals surface area (Å²) in [5.74, 6) is 6.02. The molecule has 0 heterocycles. The number of allylic oxidation sites excluding steroid dienone is 2. The van der Waals surface area contributed by atoms with Gasteiger partial charge in [0.25, 0.3) is 0 Å². The molecule has 2 aromatic carbocycles. The molecule has 2 aromatic rings. The Labute approximate surface area is 207 Å². The summed E-state index contributed by atoms with van der Waals surface area (Å²) in [5, 5.41) is 14.2. The van der Waals surface area contributed by atoms with Gasteiger partial charge in [0.2, 0.25) is 0 Å². The Kier molecular flexibility index (Phi) is 11.3. The first-order valence-electron chi connectivity index (χ1n) is 12.7. The Balaban J connectivity index is 0.00000137. The molecular formula is C30H44N2O2. The molecule has 4 nitrogen and oxygen atoms in total. The number of nitrogens with zero attached hydrogens (tertiary/aromatic N) is 1. The van der Waals surface area contributed by atoms with Gasteiger partial charge < -0.3 is 10.9 Å². The Morgan fingerprint density at radius 1 is 1.00 bits per heavy atom. The second-order valence-electron chi connectivity index (χ2n) is 8.92. The average Bonchev–Trinajstić information content (AvgIpc) is 3.16. The van der Waals surface area contributed by atoms with Gasteiger partial charge in [-0.25, -0.2) is 0 Å². The van der Waals surface area contributed by atoms with E-state index in [1.165, 1.54) is 11.1 Å². The average molecular weight is 465 g/mol. The largest absolute Gasteiger partial charge is 0.512 e. The molecule has 0 aromatic heterocycles. The summed E-state index contributed by atoms with van der Waals surface area (Å²) in [6, 6.07) is 12.0. The van der Waals surface area contributed by atoms with E-state index in [-0.39, 0.29) is 17.0 Å². The van der Waals surface area contributed by atoms with Gasteiger partial charge in [-0.05, 0) is 54.0 Å². The lowest BCUT2D eigenvalue weighted by Crippen LogP contribution is -2.20. The first-order chi connectivity index (χ1) is 16.2. The van der Waals surface area contributed by atoms with Crippen LogP contribution in [0, 0.1) is 13.8 Å². The minimum atomic E-state index is -0.00913. The van der Waals surface area contributed by atoms with E-state index in [2.05, 4.69) is 51.9 Å². The predicted octanol–water partition coefficient (Wildman–Crippen LogP) is 7.78. The summed E-state index contributed by atoms with van der Waals surface area (Å²) >= 11 is 0. The molecule has 0 bridgehead atoms. The molecule has 1 aliphatic carbocycles. The smallest absolute Gasteiger partial charge is 0.167 e. The topological polar surface area (TPSA) is 75.7 Å². The van der Waals surface area contributed by atoms with Gasteiger partial charge >= 0.3 is 0 Å². The van der Waals surface area contributed by atoms with Crippen molar-refractivity contribution in [3.63, 3.8) is 0 Å². The highest BCUT2D eigenvalue weighted by molar-refractivity contribution is 6.23. The number of aliphatic hydroxyl groups is 1. The zero-order valence-corrected chi connectivity index (χ0v) is 22.7. The summed E-state index contributed by atoms with van der Waals surface area (Å²) in [7, 11) is 0. The van der Waals surface area contributed by atoms with Crippen molar-refractivity contribution in [2.45, 2.75) is 93.4 Å². The molecule has 0 aliphatic heterocycles. The highest BCUT2D eigenvalue weighted by atomic mass is 16.3. The maximum Gasteiger partial charge on any atom is 0.167 e. The monoisotopic (exact) mass is 464 g/mol. The third-order valence-corrected chi connectivity index (χ3v) is 6.16. The molecule has 0 saturated carbocycles. The van der Waals surface area contributed by atoms with Crippen molar-refractivity contribution in [1.29, 1.82) is 0 Å². The maximum atomic E-state index is 12.1. The second-order valence-corrected chi connectivity index (χ2v) is 8.92. The lowest BCUT2D eigenvalue weighted by atomic mass is 9.76. The highest BCUT2D eigenvalue weighted by Crippen LogP contribution is 2.34. The number of carbonyl (C=O) groups is 1.